The lowest BCUT2D eigenvalue weighted by Gasteiger charge is -2.19. The molecule has 1 aromatic heterocycles. The average molecular weight is 202 g/mol. The normalized spacial score (nSPS) is 20.4. The zero-order chi connectivity index (χ0) is 10.5. The predicted octanol–water partition coefficient (Wildman–Crippen LogP) is 3.05. The molecule has 0 aliphatic heterocycles. The Morgan fingerprint density at radius 2 is 2.07 bits per heavy atom. The van der Waals surface area contributed by atoms with E-state index >= 15 is 0 Å². The summed E-state index contributed by atoms with van der Waals surface area (Å²) in [6, 6.07) is 9.82. The number of para-hydroxylation sites is 1. The summed E-state index contributed by atoms with van der Waals surface area (Å²) >= 11 is 0. The summed E-state index contributed by atoms with van der Waals surface area (Å²) in [7, 11) is 0. The van der Waals surface area contributed by atoms with Crippen molar-refractivity contribution in [3.8, 4) is 0 Å². The average Bonchev–Trinajstić information content (AvgIpc) is 2.97. The van der Waals surface area contributed by atoms with Gasteiger partial charge < -0.3 is 9.52 Å². The molecular weight excluding hydrogens is 188 g/mol. The molecule has 0 saturated heterocycles. The minimum atomic E-state index is -0.793. The number of hydrogen-bond acceptors (Lipinski definition) is 2. The minimum absolute atomic E-state index is 0.373. The summed E-state index contributed by atoms with van der Waals surface area (Å²) in [6.07, 6.45) is 2.20. The molecule has 0 radical (unpaired) electrons. The second kappa shape index (κ2) is 2.86. The Labute approximate surface area is 88.5 Å². The molecule has 78 valence electrons. The van der Waals surface area contributed by atoms with E-state index in [1.54, 1.807) is 0 Å². The second-order valence-electron chi connectivity index (χ2n) is 4.57. The van der Waals surface area contributed by atoms with E-state index in [1.807, 2.05) is 37.3 Å². The van der Waals surface area contributed by atoms with Crippen LogP contribution in [0.3, 0.4) is 0 Å². The van der Waals surface area contributed by atoms with Crippen LogP contribution in [0.1, 0.15) is 25.5 Å². The molecule has 2 aromatic rings. The molecule has 1 aliphatic carbocycles. The molecule has 1 heterocycles. The molecule has 1 aliphatic rings. The molecule has 2 heteroatoms. The molecule has 1 saturated carbocycles. The summed E-state index contributed by atoms with van der Waals surface area (Å²) in [6.45, 7) is 1.85. The van der Waals surface area contributed by atoms with Crippen LogP contribution in [-0.2, 0) is 5.60 Å². The molecule has 1 aromatic carbocycles. The SMILES string of the molecule is CC(O)(c1cc2ccccc2o1)C1CC1. The molecule has 1 N–H and O–H groups in total. The van der Waals surface area contributed by atoms with E-state index in [9.17, 15) is 5.11 Å². The summed E-state index contributed by atoms with van der Waals surface area (Å²) in [5.74, 6) is 1.07. The van der Waals surface area contributed by atoms with E-state index in [4.69, 9.17) is 4.42 Å². The van der Waals surface area contributed by atoms with Crippen molar-refractivity contribution in [3.63, 3.8) is 0 Å². The summed E-state index contributed by atoms with van der Waals surface area (Å²) < 4.78 is 5.68. The number of fused-ring (bicyclic) bond motifs is 1. The van der Waals surface area contributed by atoms with Gasteiger partial charge in [0.1, 0.15) is 16.9 Å². The quantitative estimate of drug-likeness (QED) is 0.812. The van der Waals surface area contributed by atoms with Gasteiger partial charge in [-0.05, 0) is 37.8 Å². The van der Waals surface area contributed by atoms with Crippen LogP contribution in [0, 0.1) is 5.92 Å². The zero-order valence-corrected chi connectivity index (χ0v) is 8.73. The van der Waals surface area contributed by atoms with Crippen LogP contribution in [0.15, 0.2) is 34.7 Å². The molecule has 1 fully saturated rings. The predicted molar refractivity (Wildman–Crippen MR) is 58.5 cm³/mol. The number of benzene rings is 1. The van der Waals surface area contributed by atoms with Crippen molar-refractivity contribution in [3.05, 3.63) is 36.1 Å². The van der Waals surface area contributed by atoms with Crippen molar-refractivity contribution in [1.29, 1.82) is 0 Å². The Bertz CT molecular complexity index is 459. The molecule has 2 nitrogen and oxygen atoms in total. The Morgan fingerprint density at radius 1 is 1.33 bits per heavy atom. The van der Waals surface area contributed by atoms with Crippen molar-refractivity contribution < 1.29 is 9.52 Å². The molecular formula is C13H14O2. The van der Waals surface area contributed by atoms with Crippen LogP contribution in [0.5, 0.6) is 0 Å². The Morgan fingerprint density at radius 3 is 2.73 bits per heavy atom. The lowest BCUT2D eigenvalue weighted by atomic mass is 9.97. The van der Waals surface area contributed by atoms with Gasteiger partial charge in [0.25, 0.3) is 0 Å². The Kier molecular flexibility index (Phi) is 1.71. The van der Waals surface area contributed by atoms with Gasteiger partial charge in [-0.25, -0.2) is 0 Å². The van der Waals surface area contributed by atoms with Crippen LogP contribution in [0.25, 0.3) is 11.0 Å². The number of hydrogen-bond donors (Lipinski definition) is 1. The number of rotatable bonds is 2. The minimum Gasteiger partial charge on any atom is -0.458 e. The summed E-state index contributed by atoms with van der Waals surface area (Å²) in [5, 5.41) is 11.4. The molecule has 1 unspecified atom stereocenters. The Hall–Kier alpha value is -1.28. The van der Waals surface area contributed by atoms with Crippen LogP contribution in [-0.4, -0.2) is 5.11 Å². The molecule has 3 rings (SSSR count). The maximum Gasteiger partial charge on any atom is 0.136 e. The van der Waals surface area contributed by atoms with Crippen LogP contribution in [0.4, 0.5) is 0 Å². The topological polar surface area (TPSA) is 33.4 Å². The van der Waals surface area contributed by atoms with Gasteiger partial charge in [-0.15, -0.1) is 0 Å². The fourth-order valence-corrected chi connectivity index (χ4v) is 2.08. The van der Waals surface area contributed by atoms with Gasteiger partial charge >= 0.3 is 0 Å². The maximum absolute atomic E-state index is 10.3. The molecule has 0 bridgehead atoms. The fourth-order valence-electron chi connectivity index (χ4n) is 2.08. The van der Waals surface area contributed by atoms with Gasteiger partial charge in [-0.2, -0.15) is 0 Å². The fraction of sp³-hybridized carbons (Fsp3) is 0.385. The smallest absolute Gasteiger partial charge is 0.136 e. The standard InChI is InChI=1S/C13H14O2/c1-13(14,10-6-7-10)12-8-9-4-2-3-5-11(9)15-12/h2-5,8,10,14H,6-7H2,1H3. The highest BCUT2D eigenvalue weighted by Crippen LogP contribution is 2.46. The van der Waals surface area contributed by atoms with Crippen molar-refractivity contribution >= 4 is 11.0 Å². The van der Waals surface area contributed by atoms with E-state index in [-0.39, 0.29) is 0 Å². The first-order chi connectivity index (χ1) is 7.18. The van der Waals surface area contributed by atoms with Gasteiger partial charge in [0, 0.05) is 5.39 Å². The van der Waals surface area contributed by atoms with E-state index in [0.29, 0.717) is 11.7 Å². The third-order valence-electron chi connectivity index (χ3n) is 3.30. The van der Waals surface area contributed by atoms with Crippen molar-refractivity contribution in [2.75, 3.05) is 0 Å². The third kappa shape index (κ3) is 1.37. The maximum atomic E-state index is 10.3. The van der Waals surface area contributed by atoms with E-state index in [0.717, 1.165) is 23.8 Å². The van der Waals surface area contributed by atoms with Gasteiger partial charge in [0.15, 0.2) is 0 Å². The number of furan rings is 1. The van der Waals surface area contributed by atoms with Crippen molar-refractivity contribution in [2.24, 2.45) is 5.92 Å². The van der Waals surface area contributed by atoms with E-state index < -0.39 is 5.60 Å². The zero-order valence-electron chi connectivity index (χ0n) is 8.73. The second-order valence-corrected chi connectivity index (χ2v) is 4.57. The molecule has 15 heavy (non-hydrogen) atoms. The van der Waals surface area contributed by atoms with E-state index in [2.05, 4.69) is 0 Å². The highest BCUT2D eigenvalue weighted by Gasteiger charge is 2.43. The van der Waals surface area contributed by atoms with Crippen LogP contribution < -0.4 is 0 Å². The first kappa shape index (κ1) is 8.98. The van der Waals surface area contributed by atoms with Crippen molar-refractivity contribution in [1.82, 2.24) is 0 Å². The van der Waals surface area contributed by atoms with E-state index in [1.165, 1.54) is 0 Å². The van der Waals surface area contributed by atoms with Crippen LogP contribution >= 0.6 is 0 Å². The van der Waals surface area contributed by atoms with Gasteiger partial charge in [0.2, 0.25) is 0 Å². The molecule has 1 atom stereocenters. The lowest BCUT2D eigenvalue weighted by Crippen LogP contribution is -2.22. The first-order valence-corrected chi connectivity index (χ1v) is 5.39. The van der Waals surface area contributed by atoms with Gasteiger partial charge in [0.05, 0.1) is 0 Å². The molecule has 0 spiro atoms. The highest BCUT2D eigenvalue weighted by molar-refractivity contribution is 5.77. The summed E-state index contributed by atoms with van der Waals surface area (Å²) in [4.78, 5) is 0. The Balaban J connectivity index is 2.11. The first-order valence-electron chi connectivity index (χ1n) is 5.39. The lowest BCUT2D eigenvalue weighted by molar-refractivity contribution is 0.0127. The van der Waals surface area contributed by atoms with Gasteiger partial charge in [-0.3, -0.25) is 0 Å². The third-order valence-corrected chi connectivity index (χ3v) is 3.30. The summed E-state index contributed by atoms with van der Waals surface area (Å²) in [5.41, 5.74) is 0.0624. The highest BCUT2D eigenvalue weighted by atomic mass is 16.4. The monoisotopic (exact) mass is 202 g/mol. The number of aliphatic hydroxyl groups is 1. The van der Waals surface area contributed by atoms with Crippen LogP contribution in [0.2, 0.25) is 0 Å². The van der Waals surface area contributed by atoms with Crippen molar-refractivity contribution in [2.45, 2.75) is 25.4 Å². The van der Waals surface area contributed by atoms with Gasteiger partial charge in [-0.1, -0.05) is 18.2 Å². The largest absolute Gasteiger partial charge is 0.458 e. The molecule has 0 amide bonds.